The summed E-state index contributed by atoms with van der Waals surface area (Å²) in [6.45, 7) is 0.730. The summed E-state index contributed by atoms with van der Waals surface area (Å²) in [5, 5.41) is 1.85. The standard InChI is InChI=1S/C25H16ClN3OS/c26-18-11-9-16(10-12-18)14-28-15-17(19-5-1-3-7-21(19)28)13-23-24(30)29-22-8-4-2-6-20(22)27-25(29)31-23/h1-13,15H,14H2. The highest BCUT2D eigenvalue weighted by Gasteiger charge is 2.12. The van der Waals surface area contributed by atoms with Crippen LogP contribution in [0.4, 0.5) is 0 Å². The highest BCUT2D eigenvalue weighted by Crippen LogP contribution is 2.24. The van der Waals surface area contributed by atoms with Crippen molar-refractivity contribution < 1.29 is 0 Å². The molecule has 0 radical (unpaired) electrons. The van der Waals surface area contributed by atoms with Gasteiger partial charge in [-0.25, -0.2) is 9.38 Å². The van der Waals surface area contributed by atoms with Crippen molar-refractivity contribution >= 4 is 55.9 Å². The van der Waals surface area contributed by atoms with Crippen molar-refractivity contribution in [2.45, 2.75) is 6.54 Å². The van der Waals surface area contributed by atoms with E-state index in [4.69, 9.17) is 11.6 Å². The highest BCUT2D eigenvalue weighted by atomic mass is 35.5. The van der Waals surface area contributed by atoms with Crippen LogP contribution in [0, 0.1) is 0 Å². The lowest BCUT2D eigenvalue weighted by Crippen LogP contribution is -2.22. The average Bonchev–Trinajstić information content (AvgIpc) is 3.42. The Morgan fingerprint density at radius 3 is 2.52 bits per heavy atom. The van der Waals surface area contributed by atoms with Crippen molar-refractivity contribution in [2.75, 3.05) is 0 Å². The van der Waals surface area contributed by atoms with E-state index in [-0.39, 0.29) is 5.56 Å². The molecule has 6 rings (SSSR count). The van der Waals surface area contributed by atoms with Gasteiger partial charge in [-0.2, -0.15) is 0 Å². The van der Waals surface area contributed by atoms with Crippen molar-refractivity contribution in [2.24, 2.45) is 0 Å². The quantitative estimate of drug-likeness (QED) is 0.382. The van der Waals surface area contributed by atoms with E-state index in [1.54, 1.807) is 4.40 Å². The molecule has 0 atom stereocenters. The molecule has 0 N–H and O–H groups in total. The van der Waals surface area contributed by atoms with Gasteiger partial charge >= 0.3 is 0 Å². The number of thiazole rings is 1. The molecule has 3 aromatic carbocycles. The summed E-state index contributed by atoms with van der Waals surface area (Å²) in [5.41, 5.74) is 4.99. The van der Waals surface area contributed by atoms with Gasteiger partial charge in [-0.1, -0.05) is 65.4 Å². The minimum absolute atomic E-state index is 0.0248. The van der Waals surface area contributed by atoms with E-state index in [1.807, 2.05) is 66.7 Å². The molecule has 0 aliphatic rings. The van der Waals surface area contributed by atoms with E-state index in [2.05, 4.69) is 27.9 Å². The van der Waals surface area contributed by atoms with E-state index in [1.165, 1.54) is 16.9 Å². The fourth-order valence-electron chi connectivity index (χ4n) is 4.06. The first-order chi connectivity index (χ1) is 15.2. The molecule has 4 nitrogen and oxygen atoms in total. The molecule has 0 fully saturated rings. The number of rotatable bonds is 3. The van der Waals surface area contributed by atoms with Gasteiger partial charge in [-0.05, 0) is 42.0 Å². The third-order valence-electron chi connectivity index (χ3n) is 5.52. The Balaban J connectivity index is 1.52. The predicted molar refractivity (Wildman–Crippen MR) is 128 cm³/mol. The second kappa shape index (κ2) is 7.08. The Morgan fingerprint density at radius 1 is 0.935 bits per heavy atom. The van der Waals surface area contributed by atoms with Crippen LogP contribution in [0.5, 0.6) is 0 Å². The lowest BCUT2D eigenvalue weighted by Gasteiger charge is -2.05. The molecule has 0 bridgehead atoms. The fraction of sp³-hybridized carbons (Fsp3) is 0.0400. The predicted octanol–water partition coefficient (Wildman–Crippen LogP) is 5.11. The van der Waals surface area contributed by atoms with E-state index in [9.17, 15) is 4.79 Å². The van der Waals surface area contributed by atoms with Gasteiger partial charge in [0.15, 0.2) is 4.96 Å². The maximum atomic E-state index is 13.2. The lowest BCUT2D eigenvalue weighted by molar-refractivity contribution is 0.836. The average molecular weight is 442 g/mol. The number of benzene rings is 3. The Hall–Kier alpha value is -3.41. The molecule has 0 amide bonds. The smallest absolute Gasteiger partial charge is 0.274 e. The molecule has 0 aliphatic heterocycles. The lowest BCUT2D eigenvalue weighted by atomic mass is 10.2. The maximum absolute atomic E-state index is 13.2. The summed E-state index contributed by atoms with van der Waals surface area (Å²) in [7, 11) is 0. The fourth-order valence-corrected chi connectivity index (χ4v) is 5.16. The molecule has 3 heterocycles. The Morgan fingerprint density at radius 2 is 1.68 bits per heavy atom. The molecular weight excluding hydrogens is 426 g/mol. The van der Waals surface area contributed by atoms with Gasteiger partial charge in [0.1, 0.15) is 0 Å². The number of aromatic nitrogens is 3. The summed E-state index contributed by atoms with van der Waals surface area (Å²) >= 11 is 7.46. The van der Waals surface area contributed by atoms with E-state index >= 15 is 0 Å². The number of hydrogen-bond donors (Lipinski definition) is 0. The summed E-state index contributed by atoms with van der Waals surface area (Å²) in [6.07, 6.45) is 4.09. The molecule has 150 valence electrons. The van der Waals surface area contributed by atoms with Crippen LogP contribution in [-0.2, 0) is 6.54 Å². The number of nitrogens with zero attached hydrogens (tertiary/aromatic N) is 3. The van der Waals surface area contributed by atoms with Gasteiger partial charge in [0.2, 0.25) is 0 Å². The molecule has 0 spiro atoms. The third-order valence-corrected chi connectivity index (χ3v) is 6.74. The van der Waals surface area contributed by atoms with Gasteiger partial charge in [-0.15, -0.1) is 0 Å². The topological polar surface area (TPSA) is 39.3 Å². The normalized spacial score (nSPS) is 12.5. The molecule has 0 saturated carbocycles. The van der Waals surface area contributed by atoms with Crippen molar-refractivity contribution in [1.29, 1.82) is 0 Å². The van der Waals surface area contributed by atoms with E-state index in [0.29, 0.717) is 4.53 Å². The molecular formula is C25H16ClN3OS. The van der Waals surface area contributed by atoms with E-state index in [0.717, 1.165) is 44.0 Å². The second-order valence-electron chi connectivity index (χ2n) is 7.49. The van der Waals surface area contributed by atoms with Crippen molar-refractivity contribution in [3.05, 3.63) is 110 Å². The van der Waals surface area contributed by atoms with Crippen LogP contribution in [0.2, 0.25) is 5.02 Å². The number of imidazole rings is 1. The van der Waals surface area contributed by atoms with Crippen molar-refractivity contribution in [3.8, 4) is 0 Å². The molecule has 3 aromatic heterocycles. The van der Waals surface area contributed by atoms with Crippen LogP contribution < -0.4 is 10.1 Å². The van der Waals surface area contributed by atoms with Crippen LogP contribution in [-0.4, -0.2) is 14.0 Å². The number of halogens is 1. The van der Waals surface area contributed by atoms with Crippen LogP contribution in [0.1, 0.15) is 11.1 Å². The third kappa shape index (κ3) is 3.05. The Kier molecular flexibility index (Phi) is 4.19. The number of para-hydroxylation sites is 3. The monoisotopic (exact) mass is 441 g/mol. The molecule has 31 heavy (non-hydrogen) atoms. The molecule has 0 aliphatic carbocycles. The maximum Gasteiger partial charge on any atom is 0.274 e. The highest BCUT2D eigenvalue weighted by molar-refractivity contribution is 7.15. The van der Waals surface area contributed by atoms with Crippen LogP contribution >= 0.6 is 22.9 Å². The van der Waals surface area contributed by atoms with Crippen molar-refractivity contribution in [1.82, 2.24) is 14.0 Å². The first kappa shape index (κ1) is 18.4. The zero-order valence-corrected chi connectivity index (χ0v) is 17.9. The molecule has 0 unspecified atom stereocenters. The molecule has 6 heteroatoms. The second-order valence-corrected chi connectivity index (χ2v) is 8.94. The SMILES string of the molecule is O=c1c(=Cc2cn(Cc3ccc(Cl)cc3)c3ccccc23)sc2nc3ccccc3n12. The Bertz CT molecular complexity index is 1690. The minimum atomic E-state index is -0.0248. The summed E-state index contributed by atoms with van der Waals surface area (Å²) in [4.78, 5) is 18.5. The summed E-state index contributed by atoms with van der Waals surface area (Å²) in [5.74, 6) is 0. The number of fused-ring (bicyclic) bond motifs is 4. The van der Waals surface area contributed by atoms with Crippen LogP contribution in [0.15, 0.2) is 83.8 Å². The zero-order chi connectivity index (χ0) is 20.9. The Labute approximate surface area is 186 Å². The van der Waals surface area contributed by atoms with Gasteiger partial charge < -0.3 is 4.57 Å². The molecule has 6 aromatic rings. The van der Waals surface area contributed by atoms with Crippen LogP contribution in [0.3, 0.4) is 0 Å². The largest absolute Gasteiger partial charge is 0.342 e. The van der Waals surface area contributed by atoms with Gasteiger partial charge in [0.25, 0.3) is 5.56 Å². The first-order valence-electron chi connectivity index (χ1n) is 9.91. The number of hydrogen-bond acceptors (Lipinski definition) is 3. The van der Waals surface area contributed by atoms with Gasteiger partial charge in [0.05, 0.1) is 15.6 Å². The van der Waals surface area contributed by atoms with Gasteiger partial charge in [-0.3, -0.25) is 4.79 Å². The summed E-state index contributed by atoms with van der Waals surface area (Å²) in [6, 6.07) is 23.9. The minimum Gasteiger partial charge on any atom is -0.342 e. The van der Waals surface area contributed by atoms with E-state index < -0.39 is 0 Å². The zero-order valence-electron chi connectivity index (χ0n) is 16.3. The molecule has 0 saturated heterocycles. The van der Waals surface area contributed by atoms with Crippen LogP contribution in [0.25, 0.3) is 33.0 Å². The van der Waals surface area contributed by atoms with Crippen molar-refractivity contribution in [3.63, 3.8) is 0 Å². The first-order valence-corrected chi connectivity index (χ1v) is 11.1. The summed E-state index contributed by atoms with van der Waals surface area (Å²) < 4.78 is 4.60. The van der Waals surface area contributed by atoms with Gasteiger partial charge in [0, 0.05) is 34.2 Å².